The Balaban J connectivity index is 1.53. The van der Waals surface area contributed by atoms with Crippen molar-refractivity contribution >= 4 is 5.91 Å². The minimum absolute atomic E-state index is 0.109. The van der Waals surface area contributed by atoms with Crippen molar-refractivity contribution in [2.45, 2.75) is 33.0 Å². The first kappa shape index (κ1) is 27.6. The third-order valence-corrected chi connectivity index (χ3v) is 6.11. The van der Waals surface area contributed by atoms with E-state index in [4.69, 9.17) is 19.2 Å². The molecular formula is C27H35FN6O4. The SMILES string of the molecule is CCCOc1nccc(-c2[nH]c(C3OCC(C)(C(=O)NCCCN(C)C)CO3)nc2-c2ccc(F)cc2)n1. The zero-order chi connectivity index (χ0) is 27.1. The molecule has 1 amide bonds. The van der Waals surface area contributed by atoms with Crippen LogP contribution in [0.15, 0.2) is 36.5 Å². The highest BCUT2D eigenvalue weighted by atomic mass is 19.1. The Bertz CT molecular complexity index is 1210. The quantitative estimate of drug-likeness (QED) is 0.365. The van der Waals surface area contributed by atoms with Crippen molar-refractivity contribution in [3.63, 3.8) is 0 Å². The number of aromatic nitrogens is 4. The van der Waals surface area contributed by atoms with Crippen LogP contribution in [0.1, 0.15) is 38.8 Å². The molecule has 0 saturated carbocycles. The molecule has 38 heavy (non-hydrogen) atoms. The van der Waals surface area contributed by atoms with Crippen molar-refractivity contribution in [1.29, 1.82) is 0 Å². The second-order valence-electron chi connectivity index (χ2n) is 9.85. The minimum Gasteiger partial charge on any atom is -0.463 e. The molecule has 0 unspecified atom stereocenters. The molecule has 1 saturated heterocycles. The summed E-state index contributed by atoms with van der Waals surface area (Å²) in [6.07, 6.45) is 2.48. The third-order valence-electron chi connectivity index (χ3n) is 6.11. The maximum absolute atomic E-state index is 13.6. The van der Waals surface area contributed by atoms with Gasteiger partial charge >= 0.3 is 6.01 Å². The van der Waals surface area contributed by atoms with E-state index in [1.54, 1.807) is 24.4 Å². The number of H-pyrrole nitrogens is 1. The minimum atomic E-state index is -0.817. The topological polar surface area (TPSA) is 114 Å². The van der Waals surface area contributed by atoms with Crippen LogP contribution >= 0.6 is 0 Å². The van der Waals surface area contributed by atoms with E-state index in [1.165, 1.54) is 12.1 Å². The molecule has 11 heteroatoms. The first-order valence-corrected chi connectivity index (χ1v) is 12.8. The number of nitrogens with one attached hydrogen (secondary N) is 2. The van der Waals surface area contributed by atoms with E-state index in [-0.39, 0.29) is 30.9 Å². The first-order valence-electron chi connectivity index (χ1n) is 12.8. The predicted molar refractivity (Wildman–Crippen MR) is 140 cm³/mol. The molecule has 3 heterocycles. The summed E-state index contributed by atoms with van der Waals surface area (Å²) in [6, 6.07) is 8.04. The summed E-state index contributed by atoms with van der Waals surface area (Å²) < 4.78 is 31.2. The molecule has 2 aromatic heterocycles. The van der Waals surface area contributed by atoms with Crippen LogP contribution in [0, 0.1) is 11.2 Å². The number of rotatable bonds is 11. The predicted octanol–water partition coefficient (Wildman–Crippen LogP) is 3.58. The monoisotopic (exact) mass is 526 g/mol. The molecule has 4 rings (SSSR count). The highest BCUT2D eigenvalue weighted by Gasteiger charge is 2.40. The number of hydrogen-bond donors (Lipinski definition) is 2. The number of benzene rings is 1. The number of nitrogens with zero attached hydrogens (tertiary/aromatic N) is 4. The standard InChI is InChI=1S/C27H35FN6O4/c1-5-15-36-26-30-13-11-20(31-26)22-21(18-7-9-19(28)10-8-18)32-23(33-22)24-37-16-27(2,17-38-24)25(35)29-12-6-14-34(3)4/h7-11,13,24H,5-6,12,14-17H2,1-4H3,(H,29,35)(H,32,33). The lowest BCUT2D eigenvalue weighted by molar-refractivity contribution is -0.231. The maximum Gasteiger partial charge on any atom is 0.316 e. The van der Waals surface area contributed by atoms with Crippen molar-refractivity contribution in [3.05, 3.63) is 48.2 Å². The summed E-state index contributed by atoms with van der Waals surface area (Å²) in [6.45, 7) is 6.13. The van der Waals surface area contributed by atoms with E-state index in [9.17, 15) is 9.18 Å². The molecular weight excluding hydrogens is 491 g/mol. The molecule has 1 aromatic carbocycles. The third kappa shape index (κ3) is 6.72. The number of carbonyl (C=O) groups is 1. The smallest absolute Gasteiger partial charge is 0.316 e. The van der Waals surface area contributed by atoms with Crippen LogP contribution in [0.3, 0.4) is 0 Å². The number of aromatic amines is 1. The van der Waals surface area contributed by atoms with Gasteiger partial charge in [0, 0.05) is 18.3 Å². The van der Waals surface area contributed by atoms with Gasteiger partial charge in [-0.05, 0) is 70.7 Å². The van der Waals surface area contributed by atoms with Crippen LogP contribution in [-0.4, -0.2) is 77.7 Å². The number of carbonyl (C=O) groups excluding carboxylic acids is 1. The fourth-order valence-corrected chi connectivity index (χ4v) is 3.96. The van der Waals surface area contributed by atoms with Gasteiger partial charge in [0.15, 0.2) is 5.82 Å². The number of ether oxygens (including phenoxy) is 3. The molecule has 0 aliphatic carbocycles. The second kappa shape index (κ2) is 12.4. The zero-order valence-electron chi connectivity index (χ0n) is 22.3. The number of imidazole rings is 1. The van der Waals surface area contributed by atoms with E-state index >= 15 is 0 Å². The number of hydrogen-bond acceptors (Lipinski definition) is 8. The lowest BCUT2D eigenvalue weighted by Crippen LogP contribution is -2.49. The van der Waals surface area contributed by atoms with Gasteiger partial charge in [-0.15, -0.1) is 0 Å². The molecule has 1 aliphatic heterocycles. The zero-order valence-corrected chi connectivity index (χ0v) is 22.3. The summed E-state index contributed by atoms with van der Waals surface area (Å²) >= 11 is 0. The second-order valence-corrected chi connectivity index (χ2v) is 9.85. The summed E-state index contributed by atoms with van der Waals surface area (Å²) in [4.78, 5) is 31.6. The van der Waals surface area contributed by atoms with E-state index in [2.05, 4.69) is 25.2 Å². The van der Waals surface area contributed by atoms with Gasteiger partial charge < -0.3 is 29.4 Å². The van der Waals surface area contributed by atoms with Crippen LogP contribution in [0.2, 0.25) is 0 Å². The highest BCUT2D eigenvalue weighted by Crippen LogP contribution is 2.35. The van der Waals surface area contributed by atoms with Gasteiger partial charge in [-0.1, -0.05) is 6.92 Å². The Morgan fingerprint density at radius 2 is 1.95 bits per heavy atom. The van der Waals surface area contributed by atoms with E-state index in [0.29, 0.717) is 41.6 Å². The Kier molecular flexibility index (Phi) is 9.03. The number of halogens is 1. The van der Waals surface area contributed by atoms with Gasteiger partial charge in [0.05, 0.1) is 42.3 Å². The molecule has 0 spiro atoms. The van der Waals surface area contributed by atoms with Crippen molar-refractivity contribution < 1.29 is 23.4 Å². The first-order chi connectivity index (χ1) is 18.3. The average molecular weight is 527 g/mol. The van der Waals surface area contributed by atoms with Crippen molar-refractivity contribution in [1.82, 2.24) is 30.2 Å². The molecule has 0 radical (unpaired) electrons. The van der Waals surface area contributed by atoms with Crippen LogP contribution in [0.5, 0.6) is 6.01 Å². The normalized spacial score (nSPS) is 19.5. The van der Waals surface area contributed by atoms with Crippen LogP contribution in [-0.2, 0) is 14.3 Å². The van der Waals surface area contributed by atoms with Crippen LogP contribution in [0.25, 0.3) is 22.6 Å². The lowest BCUT2D eigenvalue weighted by Gasteiger charge is -2.35. The van der Waals surface area contributed by atoms with Gasteiger partial charge in [-0.25, -0.2) is 14.4 Å². The molecule has 1 aliphatic rings. The number of amides is 1. The molecule has 204 valence electrons. The molecule has 10 nitrogen and oxygen atoms in total. The van der Waals surface area contributed by atoms with Gasteiger partial charge in [-0.3, -0.25) is 4.79 Å². The van der Waals surface area contributed by atoms with E-state index in [0.717, 1.165) is 19.4 Å². The largest absolute Gasteiger partial charge is 0.463 e. The average Bonchev–Trinajstić information content (AvgIpc) is 3.36. The summed E-state index contributed by atoms with van der Waals surface area (Å²) in [5.41, 5.74) is 1.58. The Morgan fingerprint density at radius 1 is 1.21 bits per heavy atom. The Labute approximate surface area is 221 Å². The van der Waals surface area contributed by atoms with Crippen molar-refractivity contribution in [3.8, 4) is 28.7 Å². The molecule has 0 atom stereocenters. The van der Waals surface area contributed by atoms with Crippen molar-refractivity contribution in [2.24, 2.45) is 5.41 Å². The van der Waals surface area contributed by atoms with Gasteiger partial charge in [0.1, 0.15) is 5.82 Å². The Morgan fingerprint density at radius 3 is 2.63 bits per heavy atom. The molecule has 0 bridgehead atoms. The van der Waals surface area contributed by atoms with Gasteiger partial charge in [-0.2, -0.15) is 4.98 Å². The summed E-state index contributed by atoms with van der Waals surface area (Å²) in [5.74, 6) is -0.0357. The summed E-state index contributed by atoms with van der Waals surface area (Å²) in [7, 11) is 4.00. The Hall–Kier alpha value is -3.41. The lowest BCUT2D eigenvalue weighted by atomic mass is 9.91. The highest BCUT2D eigenvalue weighted by molar-refractivity contribution is 5.82. The van der Waals surface area contributed by atoms with E-state index < -0.39 is 11.7 Å². The molecule has 2 N–H and O–H groups in total. The van der Waals surface area contributed by atoms with Crippen LogP contribution < -0.4 is 10.1 Å². The maximum atomic E-state index is 13.6. The van der Waals surface area contributed by atoms with E-state index in [1.807, 2.05) is 27.9 Å². The molecule has 1 fully saturated rings. The molecule has 3 aromatic rings. The van der Waals surface area contributed by atoms with Crippen molar-refractivity contribution in [2.75, 3.05) is 47.0 Å². The fraction of sp³-hybridized carbons (Fsp3) is 0.481. The fourth-order valence-electron chi connectivity index (χ4n) is 3.96. The summed E-state index contributed by atoms with van der Waals surface area (Å²) in [5, 5.41) is 2.98. The van der Waals surface area contributed by atoms with Gasteiger partial charge in [0.25, 0.3) is 0 Å². The van der Waals surface area contributed by atoms with Gasteiger partial charge in [0.2, 0.25) is 12.2 Å². The van der Waals surface area contributed by atoms with Crippen LogP contribution in [0.4, 0.5) is 4.39 Å².